The number of rotatable bonds is 6. The second-order valence-corrected chi connectivity index (χ2v) is 5.68. The molecule has 1 aliphatic rings. The van der Waals surface area contributed by atoms with Gasteiger partial charge >= 0.3 is 29.8 Å². The van der Waals surface area contributed by atoms with Gasteiger partial charge in [0.05, 0.1) is 0 Å². The van der Waals surface area contributed by atoms with E-state index in [4.69, 9.17) is 28.4 Å². The van der Waals surface area contributed by atoms with Crippen LogP contribution in [-0.2, 0) is 52.4 Å². The van der Waals surface area contributed by atoms with Gasteiger partial charge in [-0.05, 0) is 0 Å². The standard InChI is InChI=1S/C16H22O11/c1-7(17)22-6-12-13(23-8(2)18)14(24-9(3)19)15(25-10(4)20)16(27-12)26-11(5)21/h12-16H,6H2,1-5H3/t12-,13-,14+,15-,16?/m1/s1/i6+2,12+2,13+2,14+2,15+2,16+2. The number of hydrogen-bond donors (Lipinski definition) is 0. The van der Waals surface area contributed by atoms with Crippen LogP contribution in [0.3, 0.4) is 0 Å². The second-order valence-electron chi connectivity index (χ2n) is 5.68. The van der Waals surface area contributed by atoms with E-state index in [9.17, 15) is 24.0 Å². The highest BCUT2D eigenvalue weighted by Gasteiger charge is 2.53. The van der Waals surface area contributed by atoms with Crippen LogP contribution in [0.2, 0.25) is 0 Å². The smallest absolute Gasteiger partial charge is 0.305 e. The minimum absolute atomic E-state index is 0.393. The molecule has 11 nitrogen and oxygen atoms in total. The summed E-state index contributed by atoms with van der Waals surface area (Å²) in [6, 6.07) is 0. The molecule has 1 unspecified atom stereocenters. The first-order valence-electron chi connectivity index (χ1n) is 7.99. The summed E-state index contributed by atoms with van der Waals surface area (Å²) in [5, 5.41) is 0. The molecule has 1 saturated heterocycles. The van der Waals surface area contributed by atoms with E-state index >= 15 is 0 Å². The normalized spacial score (nSPS) is 27.1. The highest BCUT2D eigenvalue weighted by Crippen LogP contribution is 2.29. The van der Waals surface area contributed by atoms with Crippen LogP contribution in [0, 0.1) is 0 Å². The van der Waals surface area contributed by atoms with Gasteiger partial charge in [0.2, 0.25) is 12.4 Å². The summed E-state index contributed by atoms with van der Waals surface area (Å²) in [5.74, 6) is -3.71. The van der Waals surface area contributed by atoms with Crippen molar-refractivity contribution in [3.63, 3.8) is 0 Å². The van der Waals surface area contributed by atoms with Crippen molar-refractivity contribution in [1.82, 2.24) is 0 Å². The summed E-state index contributed by atoms with van der Waals surface area (Å²) < 4.78 is 30.8. The van der Waals surface area contributed by atoms with Crippen LogP contribution in [0.1, 0.15) is 34.6 Å². The first-order valence-corrected chi connectivity index (χ1v) is 7.99. The number of carbonyl (C=O) groups is 5. The molecule has 0 saturated carbocycles. The van der Waals surface area contributed by atoms with Crippen molar-refractivity contribution >= 4 is 29.8 Å². The minimum atomic E-state index is -1.48. The Morgan fingerprint density at radius 3 is 1.52 bits per heavy atom. The molecule has 0 aromatic carbocycles. The van der Waals surface area contributed by atoms with Gasteiger partial charge in [-0.15, -0.1) is 0 Å². The third kappa shape index (κ3) is 7.21. The predicted molar refractivity (Wildman–Crippen MR) is 83.7 cm³/mol. The van der Waals surface area contributed by atoms with Crippen LogP contribution in [0.15, 0.2) is 0 Å². The van der Waals surface area contributed by atoms with Crippen molar-refractivity contribution in [2.75, 3.05) is 6.61 Å². The molecular formula is C16H22O11. The van der Waals surface area contributed by atoms with Crippen molar-refractivity contribution < 1.29 is 52.4 Å². The molecule has 0 spiro atoms. The maximum Gasteiger partial charge on any atom is 0.305 e. The third-order valence-corrected chi connectivity index (χ3v) is 3.23. The zero-order valence-electron chi connectivity index (χ0n) is 15.6. The molecule has 1 heterocycles. The number of hydrogen-bond acceptors (Lipinski definition) is 11. The van der Waals surface area contributed by atoms with E-state index in [2.05, 4.69) is 0 Å². The average Bonchev–Trinajstić information content (AvgIpc) is 2.49. The van der Waals surface area contributed by atoms with Crippen LogP contribution in [-0.4, -0.2) is 67.2 Å². The number of esters is 5. The Kier molecular flexibility index (Phi) is 8.16. The van der Waals surface area contributed by atoms with Crippen LogP contribution in [0.25, 0.3) is 0 Å². The van der Waals surface area contributed by atoms with Gasteiger partial charge in [-0.25, -0.2) is 0 Å². The molecule has 5 atom stereocenters. The Bertz CT molecular complexity index is 599. The lowest BCUT2D eigenvalue weighted by atomic mass is 10.8. The predicted octanol–water partition coefficient (Wildman–Crippen LogP) is -0.367. The van der Waals surface area contributed by atoms with Gasteiger partial charge in [0, 0.05) is 34.6 Å². The Morgan fingerprint density at radius 2 is 1.07 bits per heavy atom. The third-order valence-electron chi connectivity index (χ3n) is 3.23. The topological polar surface area (TPSA) is 141 Å². The van der Waals surface area contributed by atoms with Crippen LogP contribution in [0.4, 0.5) is 0 Å². The summed E-state index contributed by atoms with van der Waals surface area (Å²) >= 11 is 0. The fourth-order valence-corrected chi connectivity index (χ4v) is 2.45. The minimum Gasteiger partial charge on any atom is -0.463 e. The van der Waals surface area contributed by atoms with Crippen molar-refractivity contribution in [2.24, 2.45) is 0 Å². The van der Waals surface area contributed by atoms with Crippen molar-refractivity contribution in [1.29, 1.82) is 0 Å². The first-order chi connectivity index (χ1) is 12.5. The maximum absolute atomic E-state index is 11.5. The summed E-state index contributed by atoms with van der Waals surface area (Å²) in [6.45, 7) is 5.13. The van der Waals surface area contributed by atoms with Gasteiger partial charge in [0.15, 0.2) is 12.2 Å². The summed E-state index contributed by atoms with van der Waals surface area (Å²) in [4.78, 5) is 57.0. The van der Waals surface area contributed by atoms with Crippen LogP contribution in [0.5, 0.6) is 0 Å². The molecule has 0 aliphatic carbocycles. The Hall–Kier alpha value is -2.69. The fourth-order valence-electron chi connectivity index (χ4n) is 2.45. The Labute approximate surface area is 155 Å². The van der Waals surface area contributed by atoms with E-state index in [-0.39, 0.29) is 0 Å². The molecule has 0 aromatic rings. The van der Waals surface area contributed by atoms with E-state index in [1.165, 1.54) is 0 Å². The van der Waals surface area contributed by atoms with Crippen molar-refractivity contribution in [3.8, 4) is 0 Å². The lowest BCUT2D eigenvalue weighted by molar-refractivity contribution is -0.300. The van der Waals surface area contributed by atoms with Crippen molar-refractivity contribution in [2.45, 2.75) is 65.3 Å². The summed E-state index contributed by atoms with van der Waals surface area (Å²) in [7, 11) is 0. The van der Waals surface area contributed by atoms with Crippen LogP contribution < -0.4 is 0 Å². The van der Waals surface area contributed by atoms with Gasteiger partial charge in [-0.1, -0.05) is 0 Å². The van der Waals surface area contributed by atoms with E-state index in [0.717, 1.165) is 34.6 Å². The van der Waals surface area contributed by atoms with Crippen molar-refractivity contribution in [3.05, 3.63) is 0 Å². The van der Waals surface area contributed by atoms with Crippen LogP contribution >= 0.6 is 0 Å². The molecule has 1 aliphatic heterocycles. The molecule has 0 bridgehead atoms. The zero-order chi connectivity index (χ0) is 20.7. The fraction of sp³-hybridized carbons (Fsp3) is 0.688. The Morgan fingerprint density at radius 1 is 0.630 bits per heavy atom. The monoisotopic (exact) mass is 402 g/mol. The lowest BCUT2D eigenvalue weighted by Gasteiger charge is -2.43. The first kappa shape index (κ1) is 22.4. The highest BCUT2D eigenvalue weighted by atomic mass is 17.2. The highest BCUT2D eigenvalue weighted by molar-refractivity contribution is 5.69. The summed E-state index contributed by atoms with van der Waals surface area (Å²) in [5.41, 5.74) is 0. The molecule has 0 radical (unpaired) electrons. The molecule has 0 aromatic heterocycles. The molecule has 152 valence electrons. The quantitative estimate of drug-likeness (QED) is 0.424. The zero-order valence-corrected chi connectivity index (χ0v) is 15.6. The SMILES string of the molecule is CC(=O)O[14CH2][14C@H]1O[14CH](OC(C)=O)[14C@H](OC(C)=O)[14C@@H](OC(C)=O)[14C@@H]1OC(C)=O. The number of ether oxygens (including phenoxy) is 6. The van der Waals surface area contributed by atoms with Gasteiger partial charge in [0.1, 0.15) is 12.7 Å². The molecule has 11 heteroatoms. The van der Waals surface area contributed by atoms with Gasteiger partial charge < -0.3 is 28.4 Å². The molecule has 0 N–H and O–H groups in total. The van der Waals surface area contributed by atoms with E-state index in [1.807, 2.05) is 0 Å². The molecule has 1 fully saturated rings. The largest absolute Gasteiger partial charge is 0.463 e. The molecule has 27 heavy (non-hydrogen) atoms. The molecular weight excluding hydrogens is 380 g/mol. The number of carbonyl (C=O) groups excluding carboxylic acids is 5. The summed E-state index contributed by atoms with van der Waals surface area (Å²) in [6.07, 6.45) is -6.70. The molecule has 0 amide bonds. The maximum atomic E-state index is 11.5. The van der Waals surface area contributed by atoms with E-state index < -0.39 is 67.2 Å². The Balaban J connectivity index is 3.29. The van der Waals surface area contributed by atoms with Gasteiger partial charge in [0.25, 0.3) is 0 Å². The van der Waals surface area contributed by atoms with E-state index in [0.29, 0.717) is 0 Å². The lowest BCUT2D eigenvalue weighted by Crippen LogP contribution is -2.63. The average molecular weight is 402 g/mol. The second kappa shape index (κ2) is 9.86. The molecule has 1 rings (SSSR count). The van der Waals surface area contributed by atoms with Gasteiger partial charge in [-0.2, -0.15) is 0 Å². The van der Waals surface area contributed by atoms with Gasteiger partial charge in [-0.3, -0.25) is 24.0 Å². The van der Waals surface area contributed by atoms with E-state index in [1.54, 1.807) is 0 Å².